The first-order valence-electron chi connectivity index (χ1n) is 8.01. The summed E-state index contributed by atoms with van der Waals surface area (Å²) in [5, 5.41) is 3.34. The second kappa shape index (κ2) is 6.01. The van der Waals surface area contributed by atoms with Gasteiger partial charge in [0.25, 0.3) is 0 Å². The zero-order valence-corrected chi connectivity index (χ0v) is 12.9. The minimum atomic E-state index is -0.263. The molecule has 1 atom stereocenters. The van der Waals surface area contributed by atoms with Crippen molar-refractivity contribution in [1.29, 1.82) is 0 Å². The number of hydrogen-bond acceptors (Lipinski definition) is 5. The number of carbonyl (C=O) groups excluding carboxylic acids is 1. The molecule has 5 nitrogen and oxygen atoms in total. The van der Waals surface area contributed by atoms with Gasteiger partial charge in [-0.2, -0.15) is 0 Å². The lowest BCUT2D eigenvalue weighted by atomic mass is 9.90. The third-order valence-corrected chi connectivity index (χ3v) is 4.54. The van der Waals surface area contributed by atoms with Gasteiger partial charge in [0.15, 0.2) is 0 Å². The Hall–Kier alpha value is -2.40. The summed E-state index contributed by atoms with van der Waals surface area (Å²) in [7, 11) is 0. The number of anilines is 1. The van der Waals surface area contributed by atoms with Gasteiger partial charge in [-0.05, 0) is 29.7 Å². The number of pyridine rings is 1. The number of carbonyl (C=O) groups is 1. The van der Waals surface area contributed by atoms with E-state index in [4.69, 9.17) is 4.74 Å². The van der Waals surface area contributed by atoms with Crippen molar-refractivity contribution in [3.8, 4) is 5.75 Å². The number of rotatable bonds is 2. The standard InChI is InChI=1S/C18H19N3O2/c22-18-16(14-2-1-5-20-12-14)10-13-3-4-15(11-17(13)23-18)21-8-6-19-7-9-21/h1-5,11-12,16,19H,6-10H2. The minimum absolute atomic E-state index is 0.192. The first-order chi connectivity index (χ1) is 11.3. The lowest BCUT2D eigenvalue weighted by molar-refractivity contribution is -0.137. The highest BCUT2D eigenvalue weighted by Gasteiger charge is 2.30. The molecule has 0 radical (unpaired) electrons. The van der Waals surface area contributed by atoms with Crippen molar-refractivity contribution in [3.63, 3.8) is 0 Å². The maximum absolute atomic E-state index is 12.4. The smallest absolute Gasteiger partial charge is 0.319 e. The Morgan fingerprint density at radius 1 is 1.22 bits per heavy atom. The first kappa shape index (κ1) is 14.2. The van der Waals surface area contributed by atoms with Crippen LogP contribution in [-0.4, -0.2) is 37.1 Å². The molecule has 4 rings (SSSR count). The molecule has 1 fully saturated rings. The number of piperazine rings is 1. The molecular formula is C18H19N3O2. The van der Waals surface area contributed by atoms with E-state index >= 15 is 0 Å². The monoisotopic (exact) mass is 309 g/mol. The molecule has 0 bridgehead atoms. The molecule has 3 heterocycles. The Morgan fingerprint density at radius 2 is 2.09 bits per heavy atom. The number of aromatic nitrogens is 1. The van der Waals surface area contributed by atoms with E-state index in [1.165, 1.54) is 0 Å². The van der Waals surface area contributed by atoms with Crippen LogP contribution in [0.5, 0.6) is 5.75 Å². The number of ether oxygens (including phenoxy) is 1. The van der Waals surface area contributed by atoms with Gasteiger partial charge in [0.05, 0.1) is 5.92 Å². The molecule has 2 aliphatic heterocycles. The van der Waals surface area contributed by atoms with Gasteiger partial charge in [-0.15, -0.1) is 0 Å². The Morgan fingerprint density at radius 3 is 2.87 bits per heavy atom. The van der Waals surface area contributed by atoms with Crippen LogP contribution in [0, 0.1) is 0 Å². The van der Waals surface area contributed by atoms with Gasteiger partial charge in [-0.3, -0.25) is 9.78 Å². The van der Waals surface area contributed by atoms with Gasteiger partial charge < -0.3 is 15.0 Å². The minimum Gasteiger partial charge on any atom is -0.426 e. The van der Waals surface area contributed by atoms with Crippen LogP contribution in [0.4, 0.5) is 5.69 Å². The van der Waals surface area contributed by atoms with Gasteiger partial charge in [0.1, 0.15) is 5.75 Å². The number of esters is 1. The fourth-order valence-corrected chi connectivity index (χ4v) is 3.25. The third kappa shape index (κ3) is 2.80. The molecule has 1 aromatic heterocycles. The molecule has 0 aliphatic carbocycles. The van der Waals surface area contributed by atoms with Crippen molar-refractivity contribution in [2.75, 3.05) is 31.1 Å². The van der Waals surface area contributed by atoms with Crippen LogP contribution in [0.2, 0.25) is 0 Å². The predicted molar refractivity (Wildman–Crippen MR) is 87.8 cm³/mol. The van der Waals surface area contributed by atoms with Crippen molar-refractivity contribution < 1.29 is 9.53 Å². The molecule has 0 amide bonds. The average Bonchev–Trinajstić information content (AvgIpc) is 2.62. The average molecular weight is 309 g/mol. The van der Waals surface area contributed by atoms with Crippen LogP contribution in [0.1, 0.15) is 17.0 Å². The van der Waals surface area contributed by atoms with Crippen LogP contribution in [0.25, 0.3) is 0 Å². The Labute approximate surface area is 135 Å². The molecule has 1 unspecified atom stereocenters. The van der Waals surface area contributed by atoms with Crippen LogP contribution in [0.3, 0.4) is 0 Å². The molecule has 0 spiro atoms. The van der Waals surface area contributed by atoms with Gasteiger partial charge >= 0.3 is 5.97 Å². The maximum atomic E-state index is 12.4. The van der Waals surface area contributed by atoms with Crippen molar-refractivity contribution in [1.82, 2.24) is 10.3 Å². The Kier molecular flexibility index (Phi) is 3.71. The highest BCUT2D eigenvalue weighted by molar-refractivity contribution is 5.83. The number of hydrogen-bond donors (Lipinski definition) is 1. The summed E-state index contributed by atoms with van der Waals surface area (Å²) >= 11 is 0. The Balaban J connectivity index is 1.60. The Bertz CT molecular complexity index is 711. The first-order valence-corrected chi connectivity index (χ1v) is 8.01. The van der Waals surface area contributed by atoms with Gasteiger partial charge in [0.2, 0.25) is 0 Å². The van der Waals surface area contributed by atoms with E-state index in [0.29, 0.717) is 12.2 Å². The summed E-state index contributed by atoms with van der Waals surface area (Å²) in [5.41, 5.74) is 3.12. The summed E-state index contributed by atoms with van der Waals surface area (Å²) in [5.74, 6) is 0.246. The molecule has 0 saturated carbocycles. The van der Waals surface area contributed by atoms with Crippen LogP contribution >= 0.6 is 0 Å². The molecule has 5 heteroatoms. The van der Waals surface area contributed by atoms with E-state index in [9.17, 15) is 4.79 Å². The quantitative estimate of drug-likeness (QED) is 0.676. The SMILES string of the molecule is O=C1Oc2cc(N3CCNCC3)ccc2CC1c1cccnc1. The molecule has 118 valence electrons. The molecule has 1 aromatic carbocycles. The second-order valence-electron chi connectivity index (χ2n) is 5.99. The van der Waals surface area contributed by atoms with Gasteiger partial charge in [-0.1, -0.05) is 12.1 Å². The zero-order chi connectivity index (χ0) is 15.6. The fourth-order valence-electron chi connectivity index (χ4n) is 3.25. The summed E-state index contributed by atoms with van der Waals surface area (Å²) in [4.78, 5) is 18.8. The number of nitrogens with one attached hydrogen (secondary N) is 1. The van der Waals surface area contributed by atoms with E-state index in [-0.39, 0.29) is 11.9 Å². The third-order valence-electron chi connectivity index (χ3n) is 4.54. The van der Waals surface area contributed by atoms with Gasteiger partial charge in [0, 0.05) is 50.3 Å². The molecule has 2 aromatic rings. The van der Waals surface area contributed by atoms with E-state index in [0.717, 1.165) is 43.0 Å². The highest BCUT2D eigenvalue weighted by atomic mass is 16.5. The lowest BCUT2D eigenvalue weighted by Gasteiger charge is -2.31. The molecule has 23 heavy (non-hydrogen) atoms. The maximum Gasteiger partial charge on any atom is 0.319 e. The lowest BCUT2D eigenvalue weighted by Crippen LogP contribution is -2.43. The van der Waals surface area contributed by atoms with Crippen LogP contribution in [0.15, 0.2) is 42.7 Å². The topological polar surface area (TPSA) is 54.5 Å². The zero-order valence-electron chi connectivity index (χ0n) is 12.9. The van der Waals surface area contributed by atoms with Crippen LogP contribution in [-0.2, 0) is 11.2 Å². The van der Waals surface area contributed by atoms with E-state index < -0.39 is 0 Å². The van der Waals surface area contributed by atoms with Gasteiger partial charge in [-0.25, -0.2) is 0 Å². The number of nitrogens with zero attached hydrogens (tertiary/aromatic N) is 2. The van der Waals surface area contributed by atoms with Crippen molar-refractivity contribution in [3.05, 3.63) is 53.9 Å². The number of benzene rings is 1. The summed E-state index contributed by atoms with van der Waals surface area (Å²) in [6.07, 6.45) is 4.12. The van der Waals surface area contributed by atoms with E-state index in [2.05, 4.69) is 27.3 Å². The summed E-state index contributed by atoms with van der Waals surface area (Å²) in [6.45, 7) is 3.93. The van der Waals surface area contributed by atoms with Crippen molar-refractivity contribution in [2.24, 2.45) is 0 Å². The fraction of sp³-hybridized carbons (Fsp3) is 0.333. The van der Waals surface area contributed by atoms with Crippen molar-refractivity contribution in [2.45, 2.75) is 12.3 Å². The summed E-state index contributed by atoms with van der Waals surface area (Å²) < 4.78 is 5.62. The van der Waals surface area contributed by atoms with Crippen LogP contribution < -0.4 is 15.0 Å². The van der Waals surface area contributed by atoms with E-state index in [1.54, 1.807) is 12.4 Å². The second-order valence-corrected chi connectivity index (χ2v) is 5.99. The molecular weight excluding hydrogens is 290 g/mol. The normalized spacial score (nSPS) is 20.8. The van der Waals surface area contributed by atoms with E-state index in [1.807, 2.05) is 18.2 Å². The number of fused-ring (bicyclic) bond motifs is 1. The molecule has 2 aliphatic rings. The largest absolute Gasteiger partial charge is 0.426 e. The molecule has 1 saturated heterocycles. The predicted octanol–water partition coefficient (Wildman–Crippen LogP) is 1.74. The summed E-state index contributed by atoms with van der Waals surface area (Å²) in [6, 6.07) is 9.99. The van der Waals surface area contributed by atoms with Crippen molar-refractivity contribution >= 4 is 11.7 Å². The molecule has 1 N–H and O–H groups in total. The highest BCUT2D eigenvalue weighted by Crippen LogP contribution is 2.35.